The van der Waals surface area contributed by atoms with Crippen molar-refractivity contribution in [2.45, 2.75) is 0 Å². The monoisotopic (exact) mass is 530 g/mol. The molecule has 1 aliphatic rings. The van der Waals surface area contributed by atoms with Crippen LogP contribution in [0.3, 0.4) is 0 Å². The largest absolute Gasteiger partial charge is 0.0622 e. The van der Waals surface area contributed by atoms with E-state index in [1.54, 1.807) is 0 Å². The quantitative estimate of drug-likeness (QED) is 0.195. The third-order valence-corrected chi connectivity index (χ3v) is 9.00. The number of fused-ring (bicyclic) bond motifs is 7. The summed E-state index contributed by atoms with van der Waals surface area (Å²) in [7, 11) is 0. The van der Waals surface area contributed by atoms with Crippen molar-refractivity contribution < 1.29 is 0 Å². The SMILES string of the molecule is c1ccc(-c2c3ccccc3c(-c3ccc4c(c3)-c3cccc5cccc(c35)-c3ccccc3-4)c3ccccc23)cc1. The van der Waals surface area contributed by atoms with E-state index in [1.165, 1.54) is 88.0 Å². The van der Waals surface area contributed by atoms with Crippen LogP contribution in [-0.4, -0.2) is 0 Å². The maximum atomic E-state index is 2.44. The minimum Gasteiger partial charge on any atom is -0.0622 e. The van der Waals surface area contributed by atoms with Crippen LogP contribution in [0.4, 0.5) is 0 Å². The van der Waals surface area contributed by atoms with Crippen LogP contribution in [0, 0.1) is 0 Å². The second-order valence-electron chi connectivity index (χ2n) is 11.2. The first-order valence-electron chi connectivity index (χ1n) is 14.6. The summed E-state index contributed by atoms with van der Waals surface area (Å²) in [6.07, 6.45) is 0. The Bertz CT molecular complexity index is 2280. The van der Waals surface area contributed by atoms with Crippen LogP contribution in [0.25, 0.3) is 88.0 Å². The van der Waals surface area contributed by atoms with Gasteiger partial charge in [-0.3, -0.25) is 0 Å². The van der Waals surface area contributed by atoms with E-state index in [-0.39, 0.29) is 0 Å². The molecule has 194 valence electrons. The van der Waals surface area contributed by atoms with Crippen molar-refractivity contribution in [2.24, 2.45) is 0 Å². The fourth-order valence-corrected chi connectivity index (χ4v) is 7.26. The van der Waals surface area contributed by atoms with Crippen molar-refractivity contribution >= 4 is 32.3 Å². The fraction of sp³-hybridized carbons (Fsp3) is 0. The number of benzene rings is 8. The molecule has 0 aliphatic heterocycles. The average Bonchev–Trinajstić information content (AvgIpc) is 3.18. The lowest BCUT2D eigenvalue weighted by Crippen LogP contribution is -1.92. The summed E-state index contributed by atoms with van der Waals surface area (Å²) < 4.78 is 0. The van der Waals surface area contributed by atoms with Crippen LogP contribution in [0.15, 0.2) is 158 Å². The van der Waals surface area contributed by atoms with Gasteiger partial charge in [0.2, 0.25) is 0 Å². The van der Waals surface area contributed by atoms with Gasteiger partial charge in [-0.25, -0.2) is 0 Å². The molecule has 0 saturated heterocycles. The minimum atomic E-state index is 1.25. The Kier molecular flexibility index (Phi) is 5.00. The first kappa shape index (κ1) is 23.3. The Morgan fingerprint density at radius 2 is 0.714 bits per heavy atom. The van der Waals surface area contributed by atoms with Crippen molar-refractivity contribution in [1.29, 1.82) is 0 Å². The Morgan fingerprint density at radius 3 is 1.33 bits per heavy atom. The Hall–Kier alpha value is -5.46. The Morgan fingerprint density at radius 1 is 0.262 bits per heavy atom. The van der Waals surface area contributed by atoms with Gasteiger partial charge in [0, 0.05) is 0 Å². The predicted molar refractivity (Wildman–Crippen MR) is 180 cm³/mol. The zero-order chi connectivity index (χ0) is 27.6. The molecular weight excluding hydrogens is 504 g/mol. The van der Waals surface area contributed by atoms with E-state index in [4.69, 9.17) is 0 Å². The van der Waals surface area contributed by atoms with Crippen LogP contribution in [-0.2, 0) is 0 Å². The van der Waals surface area contributed by atoms with Gasteiger partial charge in [0.1, 0.15) is 0 Å². The van der Waals surface area contributed by atoms with Crippen molar-refractivity contribution in [2.75, 3.05) is 0 Å². The molecule has 0 amide bonds. The normalized spacial score (nSPS) is 11.8. The Labute approximate surface area is 245 Å². The zero-order valence-electron chi connectivity index (χ0n) is 23.0. The summed E-state index contributed by atoms with van der Waals surface area (Å²) in [4.78, 5) is 0. The van der Waals surface area contributed by atoms with Gasteiger partial charge in [-0.2, -0.15) is 0 Å². The molecule has 0 heteroatoms. The maximum Gasteiger partial charge on any atom is -0.00261 e. The Balaban J connectivity index is 1.41. The highest BCUT2D eigenvalue weighted by Gasteiger charge is 2.23. The summed E-state index contributed by atoms with van der Waals surface area (Å²) in [5.41, 5.74) is 12.8. The van der Waals surface area contributed by atoms with E-state index < -0.39 is 0 Å². The highest BCUT2D eigenvalue weighted by Crippen LogP contribution is 2.50. The van der Waals surface area contributed by atoms with Crippen molar-refractivity contribution in [3.8, 4) is 55.6 Å². The van der Waals surface area contributed by atoms with Crippen molar-refractivity contribution in [3.05, 3.63) is 158 Å². The van der Waals surface area contributed by atoms with Gasteiger partial charge in [0.25, 0.3) is 0 Å². The third-order valence-electron chi connectivity index (χ3n) is 9.00. The molecule has 1 aliphatic carbocycles. The molecule has 8 aromatic carbocycles. The van der Waals surface area contributed by atoms with Crippen molar-refractivity contribution in [3.63, 3.8) is 0 Å². The average molecular weight is 531 g/mol. The summed E-state index contributed by atoms with van der Waals surface area (Å²) in [6, 6.07) is 58.1. The molecule has 0 unspecified atom stereocenters. The van der Waals surface area contributed by atoms with Gasteiger partial charge in [-0.05, 0) is 94.0 Å². The number of hydrogen-bond acceptors (Lipinski definition) is 0. The molecular formula is C42H26. The second kappa shape index (κ2) is 9.03. The summed E-state index contributed by atoms with van der Waals surface area (Å²) in [6.45, 7) is 0. The van der Waals surface area contributed by atoms with Gasteiger partial charge in [0.05, 0.1) is 0 Å². The van der Waals surface area contributed by atoms with Crippen LogP contribution in [0.1, 0.15) is 0 Å². The molecule has 9 rings (SSSR count). The van der Waals surface area contributed by atoms with Gasteiger partial charge < -0.3 is 0 Å². The van der Waals surface area contributed by atoms with Gasteiger partial charge in [-0.1, -0.05) is 152 Å². The molecule has 0 spiro atoms. The highest BCUT2D eigenvalue weighted by atomic mass is 14.3. The van der Waals surface area contributed by atoms with E-state index in [0.717, 1.165) is 0 Å². The van der Waals surface area contributed by atoms with E-state index in [0.29, 0.717) is 0 Å². The first-order chi connectivity index (χ1) is 20.9. The number of rotatable bonds is 2. The van der Waals surface area contributed by atoms with Gasteiger partial charge >= 0.3 is 0 Å². The highest BCUT2D eigenvalue weighted by molar-refractivity contribution is 6.22. The standard InChI is InChI=1S/C42H26/c1-2-12-27(13-3-1)41-34-18-6-8-20-36(34)42(37-21-9-7-19-35(37)41)29-24-25-32-30-16-4-5-17-31(30)33-22-10-14-28-15-11-23-38(40(28)33)39(32)26-29/h1-26H. The third kappa shape index (κ3) is 3.30. The molecule has 8 aromatic rings. The first-order valence-corrected chi connectivity index (χ1v) is 14.6. The molecule has 0 bridgehead atoms. The van der Waals surface area contributed by atoms with E-state index in [9.17, 15) is 0 Å². The van der Waals surface area contributed by atoms with E-state index in [2.05, 4.69) is 158 Å². The summed E-state index contributed by atoms with van der Waals surface area (Å²) >= 11 is 0. The zero-order valence-corrected chi connectivity index (χ0v) is 23.0. The van der Waals surface area contributed by atoms with Crippen LogP contribution >= 0.6 is 0 Å². The molecule has 0 radical (unpaired) electrons. The van der Waals surface area contributed by atoms with E-state index >= 15 is 0 Å². The fourth-order valence-electron chi connectivity index (χ4n) is 7.26. The molecule has 0 nitrogen and oxygen atoms in total. The molecule has 42 heavy (non-hydrogen) atoms. The van der Waals surface area contributed by atoms with Crippen LogP contribution < -0.4 is 0 Å². The second-order valence-corrected chi connectivity index (χ2v) is 11.2. The topological polar surface area (TPSA) is 0 Å². The molecule has 0 saturated carbocycles. The molecule has 0 atom stereocenters. The van der Waals surface area contributed by atoms with Crippen LogP contribution in [0.5, 0.6) is 0 Å². The van der Waals surface area contributed by atoms with Crippen molar-refractivity contribution in [1.82, 2.24) is 0 Å². The van der Waals surface area contributed by atoms with E-state index in [1.807, 2.05) is 0 Å². The van der Waals surface area contributed by atoms with Gasteiger partial charge in [0.15, 0.2) is 0 Å². The molecule has 0 aromatic heterocycles. The lowest BCUT2D eigenvalue weighted by Gasteiger charge is -2.19. The lowest BCUT2D eigenvalue weighted by molar-refractivity contribution is 1.61. The summed E-state index contributed by atoms with van der Waals surface area (Å²) in [5.74, 6) is 0. The summed E-state index contributed by atoms with van der Waals surface area (Å²) in [5, 5.41) is 7.74. The molecule has 0 fully saturated rings. The predicted octanol–water partition coefficient (Wildman–Crippen LogP) is 11.8. The van der Waals surface area contributed by atoms with Gasteiger partial charge in [-0.15, -0.1) is 0 Å². The molecule has 0 heterocycles. The smallest absolute Gasteiger partial charge is 0.00261 e. The van der Waals surface area contributed by atoms with Crippen LogP contribution in [0.2, 0.25) is 0 Å². The lowest BCUT2D eigenvalue weighted by atomic mass is 9.84. The minimum absolute atomic E-state index is 1.25. The maximum absolute atomic E-state index is 2.44. The molecule has 0 N–H and O–H groups in total. The number of hydrogen-bond donors (Lipinski definition) is 0.